The molecular weight excluding hydrogens is 587 g/mol. The van der Waals surface area contributed by atoms with E-state index >= 15 is 0 Å². The average Bonchev–Trinajstić information content (AvgIpc) is 3.45. The Balaban J connectivity index is 1.38. The summed E-state index contributed by atoms with van der Waals surface area (Å²) in [5, 5.41) is 15.8. The molecule has 4 N–H and O–H groups in total. The summed E-state index contributed by atoms with van der Waals surface area (Å²) in [7, 11) is 0. The zero-order valence-electron chi connectivity index (χ0n) is 21.6. The van der Waals surface area contributed by atoms with Crippen molar-refractivity contribution in [2.75, 3.05) is 50.0 Å². The van der Waals surface area contributed by atoms with E-state index in [9.17, 15) is 22.8 Å². The Labute approximate surface area is 241 Å². The number of nitrogens with one attached hydrogen (secondary N) is 4. The van der Waals surface area contributed by atoms with E-state index in [1.165, 1.54) is 12.5 Å². The number of morpholine rings is 1. The van der Waals surface area contributed by atoms with Crippen LogP contribution in [-0.2, 0) is 10.9 Å². The average molecular weight is 612 g/mol. The maximum Gasteiger partial charge on any atom is 0.418 e. The van der Waals surface area contributed by atoms with E-state index in [1.54, 1.807) is 6.92 Å². The van der Waals surface area contributed by atoms with Gasteiger partial charge in [-0.2, -0.15) is 13.2 Å². The molecule has 218 valence electrons. The van der Waals surface area contributed by atoms with Crippen LogP contribution in [0.25, 0.3) is 0 Å². The monoisotopic (exact) mass is 611 g/mol. The molecule has 1 saturated heterocycles. The van der Waals surface area contributed by atoms with Crippen LogP contribution < -0.4 is 16.0 Å². The number of anilines is 2. The summed E-state index contributed by atoms with van der Waals surface area (Å²) in [6.07, 6.45) is -0.451. The van der Waals surface area contributed by atoms with E-state index in [2.05, 4.69) is 40.8 Å². The summed E-state index contributed by atoms with van der Waals surface area (Å²) in [6.45, 7) is 5.92. The predicted molar refractivity (Wildman–Crippen MR) is 146 cm³/mol. The third kappa shape index (κ3) is 7.72. The molecule has 1 atom stereocenters. The second kappa shape index (κ2) is 13.3. The highest BCUT2D eigenvalue weighted by atomic mass is 35.5. The molecule has 0 spiro atoms. The third-order valence-corrected chi connectivity index (χ3v) is 7.42. The lowest BCUT2D eigenvalue weighted by molar-refractivity contribution is -0.137. The number of nitrogens with zero attached hydrogens (tertiary/aromatic N) is 5. The van der Waals surface area contributed by atoms with Crippen molar-refractivity contribution in [3.05, 3.63) is 56.5 Å². The maximum atomic E-state index is 13.1. The van der Waals surface area contributed by atoms with Crippen molar-refractivity contribution < 1.29 is 27.5 Å². The molecule has 4 rings (SSSR count). The molecule has 3 aromatic rings. The minimum absolute atomic E-state index is 0.0143. The van der Waals surface area contributed by atoms with Crippen molar-refractivity contribution in [2.45, 2.75) is 19.1 Å². The largest absolute Gasteiger partial charge is 0.418 e. The molecule has 1 unspecified atom stereocenters. The summed E-state index contributed by atoms with van der Waals surface area (Å²) in [5.41, 5.74) is -0.929. The molecule has 4 heterocycles. The first kappa shape index (κ1) is 30.2. The molecule has 41 heavy (non-hydrogen) atoms. The molecule has 0 radical (unpaired) electrons. The van der Waals surface area contributed by atoms with Crippen LogP contribution in [0.3, 0.4) is 0 Å². The summed E-state index contributed by atoms with van der Waals surface area (Å²) in [4.78, 5) is 44.0. The summed E-state index contributed by atoms with van der Waals surface area (Å²) >= 11 is 6.51. The molecule has 0 bridgehead atoms. The van der Waals surface area contributed by atoms with Gasteiger partial charge in [-0.25, -0.2) is 19.9 Å². The van der Waals surface area contributed by atoms with Crippen molar-refractivity contribution in [1.82, 2.24) is 30.2 Å². The van der Waals surface area contributed by atoms with Crippen LogP contribution in [0.4, 0.5) is 24.8 Å². The van der Waals surface area contributed by atoms with E-state index in [4.69, 9.17) is 21.7 Å². The fraction of sp³-hybridized carbons (Fsp3) is 0.375. The highest BCUT2D eigenvalue weighted by Crippen LogP contribution is 2.35. The number of hydrogen-bond acceptors (Lipinski definition) is 11. The fourth-order valence-electron chi connectivity index (χ4n) is 3.83. The first-order valence-corrected chi connectivity index (χ1v) is 13.5. The molecule has 3 aromatic heterocycles. The number of aromatic nitrogens is 4. The number of thiazole rings is 1. The molecule has 1 aliphatic heterocycles. The van der Waals surface area contributed by atoms with Crippen LogP contribution in [0, 0.1) is 5.41 Å². The molecule has 1 fully saturated rings. The molecule has 0 aliphatic carbocycles. The Morgan fingerprint density at radius 3 is 2.66 bits per heavy atom. The molecule has 17 heteroatoms. The van der Waals surface area contributed by atoms with Crippen molar-refractivity contribution in [2.24, 2.45) is 0 Å². The van der Waals surface area contributed by atoms with Crippen LogP contribution in [-0.4, -0.2) is 82.3 Å². The minimum Gasteiger partial charge on any atom is -0.379 e. The number of amides is 2. The van der Waals surface area contributed by atoms with E-state index in [0.717, 1.165) is 43.4 Å². The number of alkyl halides is 3. The van der Waals surface area contributed by atoms with Crippen molar-refractivity contribution in [3.63, 3.8) is 0 Å². The predicted octanol–water partition coefficient (Wildman–Crippen LogP) is 3.49. The number of carbonyl (C=O) groups excluding carboxylic acids is 2. The van der Waals surface area contributed by atoms with Gasteiger partial charge in [-0.15, -0.1) is 11.3 Å². The highest BCUT2D eigenvalue weighted by Gasteiger charge is 2.34. The summed E-state index contributed by atoms with van der Waals surface area (Å²) in [5.74, 6) is -1.30. The number of carbonyl (C=O) groups is 2. The standard InChI is InChI=1S/C24H25ClF3N9O3S/c1-13(23-32-11-17(41-23)21(38)36-18-8-15(24(26,27)28)16(25)10-31-18)35-22(39)19-14(9-29)20(34-12-33-19)30-2-3-37-4-6-40-7-5-37/h8-13,29H,2-7H2,1H3,(H,35,39)(H,30,33,34)(H,31,36,38). The van der Waals surface area contributed by atoms with Crippen LogP contribution in [0.15, 0.2) is 24.8 Å². The van der Waals surface area contributed by atoms with Crippen molar-refractivity contribution in [1.29, 1.82) is 5.41 Å². The van der Waals surface area contributed by atoms with Crippen LogP contribution in [0.5, 0.6) is 0 Å². The van der Waals surface area contributed by atoms with Crippen molar-refractivity contribution >= 4 is 52.6 Å². The van der Waals surface area contributed by atoms with Gasteiger partial charge in [0.05, 0.1) is 41.6 Å². The third-order valence-electron chi connectivity index (χ3n) is 5.94. The van der Waals surface area contributed by atoms with Crippen molar-refractivity contribution in [3.8, 4) is 0 Å². The molecule has 1 aliphatic rings. The smallest absolute Gasteiger partial charge is 0.379 e. The Hall–Kier alpha value is -3.73. The lowest BCUT2D eigenvalue weighted by atomic mass is 10.2. The van der Waals surface area contributed by atoms with Gasteiger partial charge >= 0.3 is 6.18 Å². The van der Waals surface area contributed by atoms with Gasteiger partial charge in [-0.1, -0.05) is 11.6 Å². The van der Waals surface area contributed by atoms with Gasteiger partial charge in [0.1, 0.15) is 33.5 Å². The highest BCUT2D eigenvalue weighted by molar-refractivity contribution is 7.13. The number of rotatable bonds is 10. The zero-order chi connectivity index (χ0) is 29.6. The van der Waals surface area contributed by atoms with Crippen LogP contribution >= 0.6 is 22.9 Å². The normalized spacial score (nSPS) is 14.8. The number of pyridine rings is 1. The van der Waals surface area contributed by atoms with Crippen LogP contribution in [0.2, 0.25) is 5.02 Å². The zero-order valence-corrected chi connectivity index (χ0v) is 23.2. The number of hydrogen-bond donors (Lipinski definition) is 4. The number of ether oxygens (including phenoxy) is 1. The van der Waals surface area contributed by atoms with E-state index in [1.807, 2.05) is 0 Å². The maximum absolute atomic E-state index is 13.1. The summed E-state index contributed by atoms with van der Waals surface area (Å²) < 4.78 is 44.7. The van der Waals surface area contributed by atoms with Gasteiger partial charge in [-0.3, -0.25) is 14.5 Å². The molecule has 0 aromatic carbocycles. The number of halogens is 4. The quantitative estimate of drug-likeness (QED) is 0.252. The Morgan fingerprint density at radius 2 is 1.95 bits per heavy atom. The second-order valence-electron chi connectivity index (χ2n) is 8.77. The SMILES string of the molecule is CC(NC(=O)c1ncnc(NCCN2CCOCC2)c1C=N)c1ncc(C(=O)Nc2cc(C(F)(F)F)c(Cl)cn2)s1. The van der Waals surface area contributed by atoms with Gasteiger partial charge in [0, 0.05) is 38.6 Å². The lowest BCUT2D eigenvalue weighted by Gasteiger charge is -2.26. The van der Waals surface area contributed by atoms with Gasteiger partial charge in [0.25, 0.3) is 11.8 Å². The van der Waals surface area contributed by atoms with Gasteiger partial charge in [0.15, 0.2) is 0 Å². The lowest BCUT2D eigenvalue weighted by Crippen LogP contribution is -2.39. The Morgan fingerprint density at radius 1 is 1.20 bits per heavy atom. The second-order valence-corrected chi connectivity index (χ2v) is 10.2. The van der Waals surface area contributed by atoms with E-state index < -0.39 is 34.6 Å². The first-order chi connectivity index (χ1) is 19.6. The molecular formula is C24H25ClF3N9O3S. The first-order valence-electron chi connectivity index (χ1n) is 12.3. The van der Waals surface area contributed by atoms with E-state index in [-0.39, 0.29) is 22.0 Å². The van der Waals surface area contributed by atoms with Gasteiger partial charge in [-0.05, 0) is 13.0 Å². The van der Waals surface area contributed by atoms with E-state index in [0.29, 0.717) is 36.7 Å². The topological polar surface area (TPSA) is 158 Å². The van der Waals surface area contributed by atoms with Gasteiger partial charge < -0.3 is 26.1 Å². The molecule has 0 saturated carbocycles. The molecule has 12 nitrogen and oxygen atoms in total. The van der Waals surface area contributed by atoms with Gasteiger partial charge in [0.2, 0.25) is 0 Å². The Bertz CT molecular complexity index is 1420. The Kier molecular flexibility index (Phi) is 9.80. The molecule has 2 amide bonds. The van der Waals surface area contributed by atoms with Crippen LogP contribution in [0.1, 0.15) is 49.3 Å². The minimum atomic E-state index is -4.72. The fourth-order valence-corrected chi connectivity index (χ4v) is 4.86. The summed E-state index contributed by atoms with van der Waals surface area (Å²) in [6, 6.07) is -0.0230.